The van der Waals surface area contributed by atoms with E-state index in [1.807, 2.05) is 24.3 Å². The van der Waals surface area contributed by atoms with Crippen molar-refractivity contribution in [2.45, 2.75) is 19.1 Å². The molecule has 6 nitrogen and oxygen atoms in total. The first-order chi connectivity index (χ1) is 13.0. The van der Waals surface area contributed by atoms with Crippen LogP contribution in [0.1, 0.15) is 27.2 Å². The van der Waals surface area contributed by atoms with Gasteiger partial charge in [-0.25, -0.2) is 13.1 Å². The molecule has 0 amide bonds. The van der Waals surface area contributed by atoms with Gasteiger partial charge >= 0.3 is 0 Å². The molecular weight excluding hydrogens is 386 g/mol. The van der Waals surface area contributed by atoms with E-state index in [4.69, 9.17) is 9.15 Å². The summed E-state index contributed by atoms with van der Waals surface area (Å²) in [5.74, 6) is 1.21. The number of ether oxygens (including phenoxy) is 1. The maximum absolute atomic E-state index is 12.2. The van der Waals surface area contributed by atoms with Crippen LogP contribution in [0.4, 0.5) is 0 Å². The van der Waals surface area contributed by atoms with Gasteiger partial charge in [-0.3, -0.25) is 0 Å². The van der Waals surface area contributed by atoms with Crippen molar-refractivity contribution in [1.82, 2.24) is 4.72 Å². The smallest absolute Gasteiger partial charge is 0.212 e. The van der Waals surface area contributed by atoms with Crippen LogP contribution in [0.15, 0.2) is 59.2 Å². The van der Waals surface area contributed by atoms with Gasteiger partial charge in [0.1, 0.15) is 17.6 Å². The molecule has 1 atom stereocenters. The second-order valence-corrected chi connectivity index (χ2v) is 9.09. The van der Waals surface area contributed by atoms with Crippen LogP contribution < -0.4 is 9.46 Å². The minimum absolute atomic E-state index is 0.00653. The van der Waals surface area contributed by atoms with E-state index in [0.717, 1.165) is 16.2 Å². The van der Waals surface area contributed by atoms with Crippen molar-refractivity contribution in [3.8, 4) is 5.75 Å². The molecule has 1 aromatic carbocycles. The van der Waals surface area contributed by atoms with E-state index in [2.05, 4.69) is 4.72 Å². The Morgan fingerprint density at radius 1 is 1.19 bits per heavy atom. The second kappa shape index (κ2) is 8.71. The molecule has 0 bridgehead atoms. The Bertz CT molecular complexity index is 946. The van der Waals surface area contributed by atoms with Gasteiger partial charge in [-0.15, -0.1) is 11.3 Å². The molecule has 2 aromatic heterocycles. The maximum atomic E-state index is 12.2. The summed E-state index contributed by atoms with van der Waals surface area (Å²) in [6, 6.07) is 14.3. The van der Waals surface area contributed by atoms with Crippen molar-refractivity contribution in [3.05, 3.63) is 75.9 Å². The average Bonchev–Trinajstić information content (AvgIpc) is 3.37. The van der Waals surface area contributed by atoms with E-state index in [0.29, 0.717) is 17.1 Å². The Morgan fingerprint density at radius 3 is 2.63 bits per heavy atom. The number of methoxy groups -OCH3 is 1. The summed E-state index contributed by atoms with van der Waals surface area (Å²) in [4.78, 5) is 1.53. The third-order valence-corrected chi connectivity index (χ3v) is 6.51. The first-order valence-corrected chi connectivity index (χ1v) is 10.8. The average molecular weight is 408 g/mol. The lowest BCUT2D eigenvalue weighted by Gasteiger charge is -2.07. The van der Waals surface area contributed by atoms with Crippen LogP contribution in [0.25, 0.3) is 0 Å². The zero-order valence-electron chi connectivity index (χ0n) is 14.8. The molecule has 2 heterocycles. The highest BCUT2D eigenvalue weighted by atomic mass is 32.2. The van der Waals surface area contributed by atoms with E-state index in [9.17, 15) is 13.5 Å². The fraction of sp³-hybridized carbons (Fsp3) is 0.263. The summed E-state index contributed by atoms with van der Waals surface area (Å²) in [7, 11) is -1.81. The number of benzene rings is 1. The lowest BCUT2D eigenvalue weighted by atomic mass is 10.2. The molecule has 0 spiro atoms. The van der Waals surface area contributed by atoms with Gasteiger partial charge in [0.05, 0.1) is 19.1 Å². The summed E-state index contributed by atoms with van der Waals surface area (Å²) in [6.07, 6.45) is 1.08. The Hall–Kier alpha value is -2.13. The number of aliphatic hydroxyl groups is 1. The highest BCUT2D eigenvalue weighted by Gasteiger charge is 2.16. The highest BCUT2D eigenvalue weighted by Crippen LogP contribution is 2.28. The van der Waals surface area contributed by atoms with Crippen LogP contribution >= 0.6 is 11.3 Å². The molecule has 0 saturated carbocycles. The Morgan fingerprint density at radius 2 is 1.96 bits per heavy atom. The van der Waals surface area contributed by atoms with E-state index in [-0.39, 0.29) is 12.3 Å². The minimum Gasteiger partial charge on any atom is -0.497 e. The minimum atomic E-state index is -3.40. The molecule has 0 aliphatic carbocycles. The third kappa shape index (κ3) is 5.43. The monoisotopic (exact) mass is 407 g/mol. The normalized spacial score (nSPS) is 12.8. The predicted octanol–water partition coefficient (Wildman–Crippen LogP) is 3.09. The lowest BCUT2D eigenvalue weighted by Crippen LogP contribution is -2.26. The first-order valence-electron chi connectivity index (χ1n) is 8.37. The fourth-order valence-electron chi connectivity index (χ4n) is 2.52. The summed E-state index contributed by atoms with van der Waals surface area (Å²) in [5, 5.41) is 10.2. The second-order valence-electron chi connectivity index (χ2n) is 5.96. The zero-order valence-corrected chi connectivity index (χ0v) is 16.4. The molecule has 27 heavy (non-hydrogen) atoms. The van der Waals surface area contributed by atoms with Crippen molar-refractivity contribution < 1.29 is 22.7 Å². The fourth-order valence-corrected chi connectivity index (χ4v) is 4.58. The summed E-state index contributed by atoms with van der Waals surface area (Å²) < 4.78 is 37.4. The molecule has 1 unspecified atom stereocenters. The van der Waals surface area contributed by atoms with E-state index in [1.165, 1.54) is 17.6 Å². The van der Waals surface area contributed by atoms with E-state index < -0.39 is 16.1 Å². The number of nitrogens with one attached hydrogen (secondary N) is 1. The number of aliphatic hydroxyl groups excluding tert-OH is 1. The standard InChI is InChI=1S/C19H21NO5S2/c1-24-15-6-4-14(5-7-15)10-12-27(22,23)20-13-16-8-9-18(26-16)19(21)17-3-2-11-25-17/h2-9,11,19-21H,10,12-13H2,1H3. The van der Waals surface area contributed by atoms with Crippen LogP contribution in [0.5, 0.6) is 5.75 Å². The topological polar surface area (TPSA) is 88.8 Å². The largest absolute Gasteiger partial charge is 0.497 e. The van der Waals surface area contributed by atoms with Crippen molar-refractivity contribution in [2.75, 3.05) is 12.9 Å². The summed E-state index contributed by atoms with van der Waals surface area (Å²) in [6.45, 7) is 0.195. The molecule has 3 rings (SSSR count). The number of aryl methyl sites for hydroxylation is 1. The number of hydrogen-bond acceptors (Lipinski definition) is 6. The van der Waals surface area contributed by atoms with Gasteiger partial charge in [0.15, 0.2) is 0 Å². The van der Waals surface area contributed by atoms with Gasteiger partial charge in [0.25, 0.3) is 0 Å². The molecule has 2 N–H and O–H groups in total. The molecule has 0 fully saturated rings. The van der Waals surface area contributed by atoms with Crippen LogP contribution in [-0.4, -0.2) is 26.4 Å². The van der Waals surface area contributed by atoms with Gasteiger partial charge in [-0.05, 0) is 48.4 Å². The highest BCUT2D eigenvalue weighted by molar-refractivity contribution is 7.89. The SMILES string of the molecule is COc1ccc(CCS(=O)(=O)NCc2ccc(C(O)c3ccco3)s2)cc1. The molecule has 8 heteroatoms. The number of rotatable bonds is 9. The van der Waals surface area contributed by atoms with Gasteiger partial charge < -0.3 is 14.3 Å². The Labute approximate surface area is 162 Å². The number of furan rings is 1. The summed E-state index contributed by atoms with van der Waals surface area (Å²) >= 11 is 1.35. The molecule has 0 saturated heterocycles. The van der Waals surface area contributed by atoms with Crippen molar-refractivity contribution in [3.63, 3.8) is 0 Å². The van der Waals surface area contributed by atoms with E-state index >= 15 is 0 Å². The van der Waals surface area contributed by atoms with Gasteiger partial charge in [0, 0.05) is 16.3 Å². The van der Waals surface area contributed by atoms with Gasteiger partial charge in [-0.2, -0.15) is 0 Å². The van der Waals surface area contributed by atoms with Gasteiger partial charge in [0.2, 0.25) is 10.0 Å². The number of hydrogen-bond donors (Lipinski definition) is 2. The van der Waals surface area contributed by atoms with Crippen LogP contribution in [0.3, 0.4) is 0 Å². The van der Waals surface area contributed by atoms with Crippen molar-refractivity contribution in [2.24, 2.45) is 0 Å². The molecular formula is C19H21NO5S2. The van der Waals surface area contributed by atoms with Crippen LogP contribution in [0.2, 0.25) is 0 Å². The first kappa shape index (κ1) is 19.6. The van der Waals surface area contributed by atoms with E-state index in [1.54, 1.807) is 31.4 Å². The molecule has 3 aromatic rings. The van der Waals surface area contributed by atoms with Crippen LogP contribution in [-0.2, 0) is 23.0 Å². The van der Waals surface area contributed by atoms with Gasteiger partial charge in [-0.1, -0.05) is 12.1 Å². The molecule has 0 radical (unpaired) electrons. The molecule has 0 aliphatic rings. The Kier molecular flexibility index (Phi) is 6.33. The molecule has 0 aliphatic heterocycles. The lowest BCUT2D eigenvalue weighted by molar-refractivity contribution is 0.193. The Balaban J connectivity index is 1.52. The third-order valence-electron chi connectivity index (χ3n) is 4.05. The van der Waals surface area contributed by atoms with Crippen molar-refractivity contribution in [1.29, 1.82) is 0 Å². The molecule has 144 valence electrons. The zero-order chi connectivity index (χ0) is 19.3. The quantitative estimate of drug-likeness (QED) is 0.569. The number of thiophene rings is 1. The van der Waals surface area contributed by atoms with Crippen molar-refractivity contribution >= 4 is 21.4 Å². The predicted molar refractivity (Wildman–Crippen MR) is 104 cm³/mol. The van der Waals surface area contributed by atoms with Crippen LogP contribution in [0, 0.1) is 0 Å². The number of sulfonamides is 1. The maximum Gasteiger partial charge on any atom is 0.212 e. The summed E-state index contributed by atoms with van der Waals surface area (Å²) in [5.41, 5.74) is 0.932.